The van der Waals surface area contributed by atoms with Crippen LogP contribution in [0.4, 0.5) is 0 Å². The van der Waals surface area contributed by atoms with E-state index in [0.717, 1.165) is 11.3 Å². The molecule has 0 amide bonds. The molecule has 0 aliphatic heterocycles. The molecule has 0 bridgehead atoms. The molecule has 3 unspecified atom stereocenters. The molecule has 0 spiro atoms. The van der Waals surface area contributed by atoms with Crippen molar-refractivity contribution < 1.29 is 0 Å². The van der Waals surface area contributed by atoms with Crippen LogP contribution in [0.2, 0.25) is 0 Å². The second-order valence-corrected chi connectivity index (χ2v) is 6.83. The van der Waals surface area contributed by atoms with Crippen molar-refractivity contribution in [3.63, 3.8) is 0 Å². The van der Waals surface area contributed by atoms with Gasteiger partial charge in [0.1, 0.15) is 0 Å². The van der Waals surface area contributed by atoms with Gasteiger partial charge in [-0.2, -0.15) is 11.8 Å². The molecule has 19 heavy (non-hydrogen) atoms. The van der Waals surface area contributed by atoms with E-state index >= 15 is 0 Å². The Bertz CT molecular complexity index is 352. The Morgan fingerprint density at radius 3 is 2.68 bits per heavy atom. The van der Waals surface area contributed by atoms with Crippen molar-refractivity contribution >= 4 is 11.8 Å². The van der Waals surface area contributed by atoms with Crippen LogP contribution in [0.15, 0.2) is 30.3 Å². The summed E-state index contributed by atoms with van der Waals surface area (Å²) >= 11 is 2.05. The number of rotatable bonds is 6. The van der Waals surface area contributed by atoms with Gasteiger partial charge in [-0.25, -0.2) is 0 Å². The summed E-state index contributed by atoms with van der Waals surface area (Å²) < 4.78 is 0. The Balaban J connectivity index is 1.75. The molecule has 1 fully saturated rings. The lowest BCUT2D eigenvalue weighted by molar-refractivity contribution is 0.345. The summed E-state index contributed by atoms with van der Waals surface area (Å²) in [5.41, 5.74) is 1.46. The van der Waals surface area contributed by atoms with E-state index in [2.05, 4.69) is 48.8 Å². The highest BCUT2D eigenvalue weighted by molar-refractivity contribution is 7.99. The monoisotopic (exact) mass is 277 g/mol. The van der Waals surface area contributed by atoms with Crippen LogP contribution in [0, 0.1) is 0 Å². The van der Waals surface area contributed by atoms with E-state index in [0.29, 0.717) is 6.04 Å². The first-order chi connectivity index (χ1) is 9.29. The van der Waals surface area contributed by atoms with E-state index in [9.17, 15) is 0 Å². The van der Waals surface area contributed by atoms with Crippen LogP contribution in [0.25, 0.3) is 0 Å². The minimum atomic E-state index is 0.623. The van der Waals surface area contributed by atoms with Crippen molar-refractivity contribution in [1.82, 2.24) is 5.32 Å². The van der Waals surface area contributed by atoms with Crippen molar-refractivity contribution in [2.45, 2.75) is 62.8 Å². The zero-order chi connectivity index (χ0) is 13.5. The lowest BCUT2D eigenvalue weighted by Crippen LogP contribution is -2.44. The minimum absolute atomic E-state index is 0.623. The van der Waals surface area contributed by atoms with E-state index in [4.69, 9.17) is 0 Å². The normalized spacial score (nSPS) is 25.2. The molecule has 2 heteroatoms. The number of nitrogens with one attached hydrogen (secondary N) is 1. The predicted octanol–water partition coefficient (Wildman–Crippen LogP) is 4.27. The molecule has 1 aromatic rings. The van der Waals surface area contributed by atoms with Gasteiger partial charge in [-0.1, -0.05) is 43.2 Å². The summed E-state index contributed by atoms with van der Waals surface area (Å²) in [5, 5.41) is 4.70. The molecule has 1 nitrogen and oxygen atoms in total. The fraction of sp³-hybridized carbons (Fsp3) is 0.647. The van der Waals surface area contributed by atoms with Crippen LogP contribution in [-0.4, -0.2) is 23.6 Å². The first kappa shape index (κ1) is 14.9. The van der Waals surface area contributed by atoms with Gasteiger partial charge in [0.25, 0.3) is 0 Å². The Morgan fingerprint density at radius 1 is 1.21 bits per heavy atom. The van der Waals surface area contributed by atoms with Gasteiger partial charge in [0, 0.05) is 17.3 Å². The van der Waals surface area contributed by atoms with Crippen molar-refractivity contribution in [1.29, 1.82) is 0 Å². The Morgan fingerprint density at radius 2 is 1.95 bits per heavy atom. The molecular weight excluding hydrogens is 250 g/mol. The highest BCUT2D eigenvalue weighted by Crippen LogP contribution is 2.27. The highest BCUT2D eigenvalue weighted by Gasteiger charge is 2.24. The fourth-order valence-electron chi connectivity index (χ4n) is 3.05. The van der Waals surface area contributed by atoms with Crippen LogP contribution in [0.5, 0.6) is 0 Å². The van der Waals surface area contributed by atoms with Gasteiger partial charge in [0.05, 0.1) is 0 Å². The maximum absolute atomic E-state index is 3.87. The summed E-state index contributed by atoms with van der Waals surface area (Å²) in [4.78, 5) is 0. The summed E-state index contributed by atoms with van der Waals surface area (Å²) in [7, 11) is 0. The van der Waals surface area contributed by atoms with Crippen LogP contribution in [0.3, 0.4) is 0 Å². The number of benzene rings is 1. The molecule has 106 valence electrons. The van der Waals surface area contributed by atoms with Crippen molar-refractivity contribution in [2.24, 2.45) is 0 Å². The third kappa shape index (κ3) is 4.85. The van der Waals surface area contributed by atoms with Crippen molar-refractivity contribution in [3.8, 4) is 0 Å². The molecular formula is C17H27NS. The molecule has 1 aliphatic carbocycles. The van der Waals surface area contributed by atoms with Crippen molar-refractivity contribution in [3.05, 3.63) is 35.9 Å². The molecule has 2 rings (SSSR count). The van der Waals surface area contributed by atoms with Crippen LogP contribution < -0.4 is 5.32 Å². The average Bonchev–Trinajstić information content (AvgIpc) is 2.47. The first-order valence-electron chi connectivity index (χ1n) is 7.62. The van der Waals surface area contributed by atoms with E-state index in [1.807, 2.05) is 11.8 Å². The summed E-state index contributed by atoms with van der Waals surface area (Å²) in [6.45, 7) is 2.34. The molecule has 1 saturated carbocycles. The van der Waals surface area contributed by atoms with Crippen molar-refractivity contribution in [2.75, 3.05) is 6.26 Å². The van der Waals surface area contributed by atoms with Crippen LogP contribution in [-0.2, 0) is 6.42 Å². The van der Waals surface area contributed by atoms with E-state index < -0.39 is 0 Å². The van der Waals surface area contributed by atoms with Gasteiger partial charge in [0.15, 0.2) is 0 Å². The summed E-state index contributed by atoms with van der Waals surface area (Å²) in [6.07, 6.45) is 10.3. The third-order valence-corrected chi connectivity index (χ3v) is 5.38. The maximum atomic E-state index is 3.87. The van der Waals surface area contributed by atoms with E-state index in [1.165, 1.54) is 44.1 Å². The molecule has 3 atom stereocenters. The lowest BCUT2D eigenvalue weighted by atomic mass is 9.93. The molecule has 1 aromatic carbocycles. The zero-order valence-electron chi connectivity index (χ0n) is 12.3. The predicted molar refractivity (Wildman–Crippen MR) is 86.9 cm³/mol. The van der Waals surface area contributed by atoms with Gasteiger partial charge >= 0.3 is 0 Å². The maximum Gasteiger partial charge on any atom is 0.0198 e. The SMILES string of the molecule is CSC1CCCCC1NC(C)CCc1ccccc1. The van der Waals surface area contributed by atoms with Crippen LogP contribution >= 0.6 is 11.8 Å². The Labute approximate surface area is 122 Å². The average molecular weight is 277 g/mol. The van der Waals surface area contributed by atoms with E-state index in [-0.39, 0.29) is 0 Å². The smallest absolute Gasteiger partial charge is 0.0198 e. The summed E-state index contributed by atoms with van der Waals surface area (Å²) in [5.74, 6) is 0. The second kappa shape index (κ2) is 7.96. The van der Waals surface area contributed by atoms with Crippen LogP contribution in [0.1, 0.15) is 44.6 Å². The number of thioether (sulfide) groups is 1. The Hall–Kier alpha value is -0.470. The van der Waals surface area contributed by atoms with Gasteiger partial charge in [0.2, 0.25) is 0 Å². The highest BCUT2D eigenvalue weighted by atomic mass is 32.2. The van der Waals surface area contributed by atoms with Gasteiger partial charge < -0.3 is 5.32 Å². The molecule has 0 aromatic heterocycles. The molecule has 1 N–H and O–H groups in total. The minimum Gasteiger partial charge on any atom is -0.310 e. The second-order valence-electron chi connectivity index (χ2n) is 5.76. The molecule has 0 heterocycles. The topological polar surface area (TPSA) is 12.0 Å². The number of aryl methyl sites for hydroxylation is 1. The van der Waals surface area contributed by atoms with Gasteiger partial charge in [-0.05, 0) is 44.4 Å². The summed E-state index contributed by atoms with van der Waals surface area (Å²) in [6, 6.07) is 12.2. The number of hydrogen-bond donors (Lipinski definition) is 1. The zero-order valence-corrected chi connectivity index (χ0v) is 13.1. The standard InChI is InChI=1S/C17H27NS/c1-14(12-13-15-8-4-3-5-9-15)18-16-10-6-7-11-17(16)19-2/h3-5,8-9,14,16-18H,6-7,10-13H2,1-2H3. The fourth-order valence-corrected chi connectivity index (χ4v) is 3.99. The third-order valence-electron chi connectivity index (χ3n) is 4.21. The molecule has 0 radical (unpaired) electrons. The largest absolute Gasteiger partial charge is 0.310 e. The number of hydrogen-bond acceptors (Lipinski definition) is 2. The Kier molecular flexibility index (Phi) is 6.25. The first-order valence-corrected chi connectivity index (χ1v) is 8.91. The molecule has 1 aliphatic rings. The van der Waals surface area contributed by atoms with Gasteiger partial charge in [-0.3, -0.25) is 0 Å². The van der Waals surface area contributed by atoms with Gasteiger partial charge in [-0.15, -0.1) is 0 Å². The van der Waals surface area contributed by atoms with E-state index in [1.54, 1.807) is 0 Å². The quantitative estimate of drug-likeness (QED) is 0.833. The lowest BCUT2D eigenvalue weighted by Gasteiger charge is -2.33. The molecule has 0 saturated heterocycles.